The zero-order chi connectivity index (χ0) is 21.4. The Kier molecular flexibility index (Phi) is 14.4. The summed E-state index contributed by atoms with van der Waals surface area (Å²) >= 11 is 0. The van der Waals surface area contributed by atoms with Gasteiger partial charge in [0.1, 0.15) is 0 Å². The summed E-state index contributed by atoms with van der Waals surface area (Å²) in [5.41, 5.74) is 8.21. The lowest BCUT2D eigenvalue weighted by molar-refractivity contribution is -0.123. The van der Waals surface area contributed by atoms with E-state index in [1.165, 1.54) is 0 Å². The highest BCUT2D eigenvalue weighted by atomic mass is 16.2. The third kappa shape index (κ3) is 12.9. The molecule has 0 aliphatic rings. The molecule has 0 aliphatic heterocycles. The summed E-state index contributed by atoms with van der Waals surface area (Å²) in [7, 11) is 0. The first-order valence-electron chi connectivity index (χ1n) is 8.78. The van der Waals surface area contributed by atoms with E-state index in [1.807, 2.05) is 9.80 Å². The van der Waals surface area contributed by atoms with Gasteiger partial charge in [-0.1, -0.05) is 0 Å². The lowest BCUT2D eigenvalue weighted by Gasteiger charge is -2.27. The Morgan fingerprint density at radius 2 is 0.679 bits per heavy atom. The number of nitrogens with one attached hydrogen (secondary N) is 4. The van der Waals surface area contributed by atoms with Gasteiger partial charge in [0, 0.05) is 65.0 Å². The number of amides is 4. The van der Waals surface area contributed by atoms with Crippen LogP contribution in [0.5, 0.6) is 0 Å². The molecule has 0 atom stereocenters. The fourth-order valence-electron chi connectivity index (χ4n) is 2.28. The topological polar surface area (TPSA) is 227 Å². The fraction of sp³-hybridized carbons (Fsp3) is 0.714. The summed E-state index contributed by atoms with van der Waals surface area (Å²) in [5, 5.41) is 0. The first kappa shape index (κ1) is 25.6. The monoisotopic (exact) mass is 404 g/mol. The predicted octanol–water partition coefficient (Wildman–Crippen LogP) is -4.89. The number of carbonyl (C=O) groups is 4. The van der Waals surface area contributed by atoms with E-state index in [0.717, 1.165) is 0 Å². The third-order valence-electron chi connectivity index (χ3n) is 4.00. The molecule has 0 rings (SSSR count). The van der Waals surface area contributed by atoms with Gasteiger partial charge in [0.25, 0.3) is 0 Å². The Hall–Kier alpha value is -2.36. The molecule has 162 valence electrons. The number of hydrogen-bond donors (Lipinski definition) is 8. The van der Waals surface area contributed by atoms with E-state index >= 15 is 0 Å². The Labute approximate surface area is 163 Å². The number of nitrogens with zero attached hydrogens (tertiary/aromatic N) is 2. The summed E-state index contributed by atoms with van der Waals surface area (Å²) in [4.78, 5) is 49.3. The summed E-state index contributed by atoms with van der Waals surface area (Å²) in [6, 6.07) is 0. The molecule has 0 aromatic rings. The molecule has 0 spiro atoms. The van der Waals surface area contributed by atoms with Crippen molar-refractivity contribution in [2.45, 2.75) is 25.7 Å². The van der Waals surface area contributed by atoms with Crippen LogP contribution in [0.1, 0.15) is 25.7 Å². The van der Waals surface area contributed by atoms with Gasteiger partial charge in [0.15, 0.2) is 0 Å². The lowest BCUT2D eigenvalue weighted by atomic mass is 10.2. The van der Waals surface area contributed by atoms with Gasteiger partial charge in [-0.05, 0) is 0 Å². The van der Waals surface area contributed by atoms with Gasteiger partial charge in [0.05, 0.1) is 0 Å². The molecule has 12 N–H and O–H groups in total. The van der Waals surface area contributed by atoms with Gasteiger partial charge in [0.2, 0.25) is 23.6 Å². The molecule has 14 heteroatoms. The van der Waals surface area contributed by atoms with Gasteiger partial charge in [-0.3, -0.25) is 40.9 Å². The van der Waals surface area contributed by atoms with Crippen LogP contribution in [0.2, 0.25) is 0 Å². The number of carbonyl (C=O) groups excluding carboxylic acids is 4. The van der Waals surface area contributed by atoms with Crippen molar-refractivity contribution in [3.63, 3.8) is 0 Å². The van der Waals surface area contributed by atoms with Crippen LogP contribution in [0.15, 0.2) is 0 Å². The Morgan fingerprint density at radius 3 is 0.857 bits per heavy atom. The largest absolute Gasteiger partial charge is 0.301 e. The molecule has 0 aliphatic carbocycles. The minimum absolute atomic E-state index is 0.159. The molecule has 0 aromatic carbocycles. The average Bonchev–Trinajstić information content (AvgIpc) is 2.72. The second-order valence-electron chi connectivity index (χ2n) is 5.95. The van der Waals surface area contributed by atoms with Crippen molar-refractivity contribution in [3.8, 4) is 0 Å². The summed E-state index contributed by atoms with van der Waals surface area (Å²) < 4.78 is 0. The van der Waals surface area contributed by atoms with Crippen molar-refractivity contribution in [1.29, 1.82) is 0 Å². The number of rotatable bonds is 15. The van der Waals surface area contributed by atoms with E-state index in [2.05, 4.69) is 21.7 Å². The van der Waals surface area contributed by atoms with Crippen LogP contribution < -0.4 is 45.1 Å². The Balaban J connectivity index is 4.75. The quantitative estimate of drug-likeness (QED) is 0.0736. The van der Waals surface area contributed by atoms with E-state index < -0.39 is 0 Å². The van der Waals surface area contributed by atoms with Gasteiger partial charge < -0.3 is 9.80 Å². The molecule has 0 fully saturated rings. The maximum Gasteiger partial charge on any atom is 0.235 e. The standard InChI is InChI=1S/C14H32N10O4/c15-19-11(25)1-5-23(6-2-12(26)20-16)9-10-24(7-3-13(27)21-17)8-4-14(28)22-18/h1-10,15-18H2,(H,19,25)(H,20,26)(H,21,27)(H,22,28). The van der Waals surface area contributed by atoms with E-state index in [4.69, 9.17) is 23.4 Å². The maximum atomic E-state index is 11.4. The minimum Gasteiger partial charge on any atom is -0.301 e. The number of hydrazine groups is 4. The second kappa shape index (κ2) is 15.7. The minimum atomic E-state index is -0.329. The number of hydrogen-bond acceptors (Lipinski definition) is 10. The van der Waals surface area contributed by atoms with E-state index in [1.54, 1.807) is 0 Å². The summed E-state index contributed by atoms with van der Waals surface area (Å²) in [6.07, 6.45) is 0.635. The van der Waals surface area contributed by atoms with Crippen molar-refractivity contribution in [2.75, 3.05) is 39.3 Å². The molecule has 14 nitrogen and oxygen atoms in total. The smallest absolute Gasteiger partial charge is 0.235 e. The molecular formula is C14H32N10O4. The maximum absolute atomic E-state index is 11.4. The molecule has 0 aromatic heterocycles. The first-order chi connectivity index (χ1) is 13.4. The second-order valence-corrected chi connectivity index (χ2v) is 5.95. The highest BCUT2D eigenvalue weighted by Crippen LogP contribution is 2.00. The highest BCUT2D eigenvalue weighted by molar-refractivity contribution is 5.76. The van der Waals surface area contributed by atoms with Crippen LogP contribution in [0.3, 0.4) is 0 Å². The van der Waals surface area contributed by atoms with Gasteiger partial charge in [-0.2, -0.15) is 0 Å². The van der Waals surface area contributed by atoms with Crippen molar-refractivity contribution >= 4 is 23.6 Å². The normalized spacial score (nSPS) is 10.6. The molecular weight excluding hydrogens is 372 g/mol. The van der Waals surface area contributed by atoms with E-state index in [-0.39, 0.29) is 49.3 Å². The van der Waals surface area contributed by atoms with Gasteiger partial charge in [-0.15, -0.1) is 0 Å². The fourth-order valence-corrected chi connectivity index (χ4v) is 2.28. The van der Waals surface area contributed by atoms with Crippen LogP contribution >= 0.6 is 0 Å². The SMILES string of the molecule is NNC(=O)CCN(CCC(=O)NN)CCN(CCC(=O)NN)CCC(=O)NN. The van der Waals surface area contributed by atoms with Gasteiger partial charge in [-0.25, -0.2) is 23.4 Å². The summed E-state index contributed by atoms with van der Waals surface area (Å²) in [6.45, 7) is 2.49. The average molecular weight is 404 g/mol. The molecule has 0 saturated carbocycles. The van der Waals surface area contributed by atoms with Crippen LogP contribution in [-0.4, -0.2) is 72.7 Å². The molecule has 4 amide bonds. The Bertz CT molecular complexity index is 421. The first-order valence-corrected chi connectivity index (χ1v) is 8.78. The third-order valence-corrected chi connectivity index (χ3v) is 4.00. The number of nitrogens with two attached hydrogens (primary N) is 4. The molecule has 28 heavy (non-hydrogen) atoms. The summed E-state index contributed by atoms with van der Waals surface area (Å²) in [5.74, 6) is 19.0. The molecule has 0 saturated heterocycles. The van der Waals surface area contributed by atoms with E-state index in [0.29, 0.717) is 39.3 Å². The predicted molar refractivity (Wildman–Crippen MR) is 101 cm³/mol. The highest BCUT2D eigenvalue weighted by Gasteiger charge is 2.14. The van der Waals surface area contributed by atoms with Crippen molar-refractivity contribution in [1.82, 2.24) is 31.5 Å². The molecule has 0 unspecified atom stereocenters. The molecule has 0 bridgehead atoms. The lowest BCUT2D eigenvalue weighted by Crippen LogP contribution is -2.42. The van der Waals surface area contributed by atoms with Crippen LogP contribution in [0.4, 0.5) is 0 Å². The van der Waals surface area contributed by atoms with Crippen molar-refractivity contribution in [3.05, 3.63) is 0 Å². The van der Waals surface area contributed by atoms with E-state index in [9.17, 15) is 19.2 Å². The zero-order valence-corrected chi connectivity index (χ0v) is 15.9. The Morgan fingerprint density at radius 1 is 0.464 bits per heavy atom. The van der Waals surface area contributed by atoms with Crippen LogP contribution in [-0.2, 0) is 19.2 Å². The van der Waals surface area contributed by atoms with Gasteiger partial charge >= 0.3 is 0 Å². The van der Waals surface area contributed by atoms with Crippen molar-refractivity contribution < 1.29 is 19.2 Å². The zero-order valence-electron chi connectivity index (χ0n) is 15.9. The van der Waals surface area contributed by atoms with Crippen LogP contribution in [0, 0.1) is 0 Å². The van der Waals surface area contributed by atoms with Crippen LogP contribution in [0.25, 0.3) is 0 Å². The van der Waals surface area contributed by atoms with Crippen molar-refractivity contribution in [2.24, 2.45) is 23.4 Å². The molecule has 0 radical (unpaired) electrons. The molecule has 0 heterocycles.